The molecule has 2 nitrogen and oxygen atoms in total. The van der Waals surface area contributed by atoms with Crippen molar-refractivity contribution in [3.05, 3.63) is 29.8 Å². The predicted molar refractivity (Wildman–Crippen MR) is 81.4 cm³/mol. The molecule has 2 fully saturated rings. The highest BCUT2D eigenvalue weighted by molar-refractivity contribution is 5.47. The standard InChI is InChI=1S/C17H26N2/c1-3-12-4-8-15(9-5-12)19(2)11-16-13-6-7-14(10-13)17(16)18/h4-5,8-9,13-14,16-17H,3,6-7,10-11,18H2,1-2H3. The Morgan fingerprint density at radius 1 is 1.16 bits per heavy atom. The van der Waals surface area contributed by atoms with Gasteiger partial charge in [0.15, 0.2) is 0 Å². The first kappa shape index (κ1) is 13.0. The molecule has 3 rings (SSSR count). The second-order valence-electron chi connectivity index (χ2n) is 6.47. The highest BCUT2D eigenvalue weighted by Gasteiger charge is 2.45. The van der Waals surface area contributed by atoms with Gasteiger partial charge >= 0.3 is 0 Å². The van der Waals surface area contributed by atoms with Gasteiger partial charge in [-0.25, -0.2) is 0 Å². The molecule has 0 aliphatic heterocycles. The van der Waals surface area contributed by atoms with E-state index in [-0.39, 0.29) is 0 Å². The fourth-order valence-electron chi connectivity index (χ4n) is 4.13. The van der Waals surface area contributed by atoms with E-state index >= 15 is 0 Å². The lowest BCUT2D eigenvalue weighted by atomic mass is 9.84. The third kappa shape index (κ3) is 2.38. The van der Waals surface area contributed by atoms with Gasteiger partial charge in [-0.2, -0.15) is 0 Å². The molecule has 4 unspecified atom stereocenters. The van der Waals surface area contributed by atoms with Crippen molar-refractivity contribution in [2.24, 2.45) is 23.5 Å². The molecule has 0 saturated heterocycles. The third-order valence-corrected chi connectivity index (χ3v) is 5.43. The first-order chi connectivity index (χ1) is 9.19. The van der Waals surface area contributed by atoms with Crippen LogP contribution in [0.5, 0.6) is 0 Å². The van der Waals surface area contributed by atoms with Crippen LogP contribution in [-0.2, 0) is 6.42 Å². The Hall–Kier alpha value is -1.02. The summed E-state index contributed by atoms with van der Waals surface area (Å²) in [7, 11) is 2.21. The van der Waals surface area contributed by atoms with Crippen LogP contribution in [0.3, 0.4) is 0 Å². The molecular weight excluding hydrogens is 232 g/mol. The molecule has 2 aliphatic rings. The van der Waals surface area contributed by atoms with E-state index in [0.29, 0.717) is 12.0 Å². The van der Waals surface area contributed by atoms with Crippen LogP contribution in [0, 0.1) is 17.8 Å². The van der Waals surface area contributed by atoms with Crippen LogP contribution >= 0.6 is 0 Å². The maximum absolute atomic E-state index is 6.41. The molecule has 0 heterocycles. The van der Waals surface area contributed by atoms with Gasteiger partial charge in [0.1, 0.15) is 0 Å². The monoisotopic (exact) mass is 258 g/mol. The number of rotatable bonds is 4. The molecule has 0 radical (unpaired) electrons. The molecule has 2 heteroatoms. The molecule has 1 aromatic rings. The topological polar surface area (TPSA) is 29.3 Å². The van der Waals surface area contributed by atoms with Crippen LogP contribution < -0.4 is 10.6 Å². The van der Waals surface area contributed by atoms with E-state index in [1.165, 1.54) is 30.5 Å². The van der Waals surface area contributed by atoms with Crippen LogP contribution in [0.1, 0.15) is 31.7 Å². The smallest absolute Gasteiger partial charge is 0.0363 e. The maximum atomic E-state index is 6.41. The molecular formula is C17H26N2. The van der Waals surface area contributed by atoms with Crippen molar-refractivity contribution in [3.8, 4) is 0 Å². The third-order valence-electron chi connectivity index (χ3n) is 5.43. The second kappa shape index (κ2) is 5.16. The first-order valence-corrected chi connectivity index (χ1v) is 7.74. The number of nitrogens with zero attached hydrogens (tertiary/aromatic N) is 1. The summed E-state index contributed by atoms with van der Waals surface area (Å²) in [6.07, 6.45) is 5.28. The average Bonchev–Trinajstić information content (AvgIpc) is 3.02. The Bertz CT molecular complexity index is 423. The van der Waals surface area contributed by atoms with Gasteiger partial charge in [-0.3, -0.25) is 0 Å². The molecule has 2 aliphatic carbocycles. The molecule has 2 saturated carbocycles. The van der Waals surface area contributed by atoms with Crippen LogP contribution in [0.2, 0.25) is 0 Å². The van der Waals surface area contributed by atoms with Gasteiger partial charge in [-0.15, -0.1) is 0 Å². The fourth-order valence-corrected chi connectivity index (χ4v) is 4.13. The number of anilines is 1. The molecule has 1 aromatic carbocycles. The summed E-state index contributed by atoms with van der Waals surface area (Å²) in [4.78, 5) is 2.39. The van der Waals surface area contributed by atoms with Crippen LogP contribution in [0.25, 0.3) is 0 Å². The highest BCUT2D eigenvalue weighted by atomic mass is 15.1. The van der Waals surface area contributed by atoms with E-state index in [1.54, 1.807) is 0 Å². The Morgan fingerprint density at radius 2 is 1.84 bits per heavy atom. The van der Waals surface area contributed by atoms with E-state index in [2.05, 4.69) is 43.1 Å². The molecule has 0 aromatic heterocycles. The van der Waals surface area contributed by atoms with Crippen molar-refractivity contribution in [1.29, 1.82) is 0 Å². The van der Waals surface area contributed by atoms with E-state index in [1.807, 2.05) is 0 Å². The average molecular weight is 258 g/mol. The lowest BCUT2D eigenvalue weighted by Crippen LogP contribution is -2.41. The van der Waals surface area contributed by atoms with Gasteiger partial charge in [0.25, 0.3) is 0 Å². The van der Waals surface area contributed by atoms with E-state index in [9.17, 15) is 0 Å². The number of fused-ring (bicyclic) bond motifs is 2. The largest absolute Gasteiger partial charge is 0.374 e. The summed E-state index contributed by atoms with van der Waals surface area (Å²) in [5.41, 5.74) is 9.15. The van der Waals surface area contributed by atoms with Gasteiger partial charge in [-0.05, 0) is 61.1 Å². The maximum Gasteiger partial charge on any atom is 0.0363 e. The molecule has 19 heavy (non-hydrogen) atoms. The highest BCUT2D eigenvalue weighted by Crippen LogP contribution is 2.47. The summed E-state index contributed by atoms with van der Waals surface area (Å²) in [5, 5.41) is 0. The van der Waals surface area contributed by atoms with Gasteiger partial charge in [0, 0.05) is 25.3 Å². The zero-order valence-corrected chi connectivity index (χ0v) is 12.2. The van der Waals surface area contributed by atoms with Crippen molar-refractivity contribution >= 4 is 5.69 Å². The summed E-state index contributed by atoms with van der Waals surface area (Å²) >= 11 is 0. The second-order valence-corrected chi connectivity index (χ2v) is 6.47. The predicted octanol–water partition coefficient (Wildman–Crippen LogP) is 3.06. The van der Waals surface area contributed by atoms with E-state index in [0.717, 1.165) is 24.8 Å². The number of benzene rings is 1. The summed E-state index contributed by atoms with van der Waals surface area (Å²) < 4.78 is 0. The Kier molecular flexibility index (Phi) is 3.53. The quantitative estimate of drug-likeness (QED) is 0.899. The normalized spacial score (nSPS) is 32.8. The van der Waals surface area contributed by atoms with Crippen LogP contribution in [-0.4, -0.2) is 19.6 Å². The molecule has 2 bridgehead atoms. The molecule has 104 valence electrons. The zero-order chi connectivity index (χ0) is 13.4. The van der Waals surface area contributed by atoms with Gasteiger partial charge < -0.3 is 10.6 Å². The lowest BCUT2D eigenvalue weighted by Gasteiger charge is -2.32. The lowest BCUT2D eigenvalue weighted by molar-refractivity contribution is 0.293. The Labute approximate surface area is 117 Å². The SMILES string of the molecule is CCc1ccc(N(C)CC2C3CCC(C3)C2N)cc1. The van der Waals surface area contributed by atoms with Crippen LogP contribution in [0.15, 0.2) is 24.3 Å². The van der Waals surface area contributed by atoms with E-state index < -0.39 is 0 Å². The van der Waals surface area contributed by atoms with Crippen molar-refractivity contribution in [3.63, 3.8) is 0 Å². The molecule has 4 atom stereocenters. The van der Waals surface area contributed by atoms with Crippen molar-refractivity contribution in [2.75, 3.05) is 18.5 Å². The Morgan fingerprint density at radius 3 is 2.42 bits per heavy atom. The van der Waals surface area contributed by atoms with Gasteiger partial charge in [0.05, 0.1) is 0 Å². The van der Waals surface area contributed by atoms with Crippen molar-refractivity contribution in [2.45, 2.75) is 38.6 Å². The number of hydrogen-bond donors (Lipinski definition) is 1. The summed E-state index contributed by atoms with van der Waals surface area (Å²) in [5.74, 6) is 2.40. The number of aryl methyl sites for hydroxylation is 1. The summed E-state index contributed by atoms with van der Waals surface area (Å²) in [6.45, 7) is 3.32. The molecule has 0 spiro atoms. The fraction of sp³-hybridized carbons (Fsp3) is 0.647. The molecule has 0 amide bonds. The van der Waals surface area contributed by atoms with Crippen molar-refractivity contribution < 1.29 is 0 Å². The van der Waals surface area contributed by atoms with Gasteiger partial charge in [0.2, 0.25) is 0 Å². The first-order valence-electron chi connectivity index (χ1n) is 7.74. The van der Waals surface area contributed by atoms with Crippen molar-refractivity contribution in [1.82, 2.24) is 0 Å². The van der Waals surface area contributed by atoms with Gasteiger partial charge in [-0.1, -0.05) is 19.1 Å². The Balaban J connectivity index is 1.65. The number of nitrogens with two attached hydrogens (primary N) is 1. The minimum absolute atomic E-state index is 0.441. The number of hydrogen-bond acceptors (Lipinski definition) is 2. The van der Waals surface area contributed by atoms with Crippen LogP contribution in [0.4, 0.5) is 5.69 Å². The molecule has 2 N–H and O–H groups in total. The minimum Gasteiger partial charge on any atom is -0.374 e. The van der Waals surface area contributed by atoms with E-state index in [4.69, 9.17) is 5.73 Å². The zero-order valence-electron chi connectivity index (χ0n) is 12.2. The minimum atomic E-state index is 0.441. The summed E-state index contributed by atoms with van der Waals surface area (Å²) in [6, 6.07) is 9.42.